The number of hydrogen-bond donors (Lipinski definition) is 1. The Morgan fingerprint density at radius 2 is 2.04 bits per heavy atom. The van der Waals surface area contributed by atoms with Gasteiger partial charge in [0.25, 0.3) is 0 Å². The Kier molecular flexibility index (Phi) is 4.95. The number of carbonyl (C=O) groups is 1. The first-order valence-electron chi connectivity index (χ1n) is 9.90. The maximum absolute atomic E-state index is 12.9. The van der Waals surface area contributed by atoms with E-state index in [4.69, 9.17) is 0 Å². The van der Waals surface area contributed by atoms with E-state index in [0.29, 0.717) is 12.4 Å². The van der Waals surface area contributed by atoms with Crippen molar-refractivity contribution in [1.82, 2.24) is 30.4 Å². The van der Waals surface area contributed by atoms with E-state index in [1.807, 2.05) is 0 Å². The van der Waals surface area contributed by atoms with Crippen LogP contribution in [0.15, 0.2) is 24.3 Å². The van der Waals surface area contributed by atoms with Crippen LogP contribution in [-0.2, 0) is 24.3 Å². The Balaban J connectivity index is 1.40. The van der Waals surface area contributed by atoms with Gasteiger partial charge in [-0.1, -0.05) is 30.7 Å². The summed E-state index contributed by atoms with van der Waals surface area (Å²) >= 11 is 0. The number of aromatic nitrogens is 4. The average Bonchev–Trinajstić information content (AvgIpc) is 3.05. The molecule has 0 spiro atoms. The molecule has 3 heterocycles. The topological polar surface area (TPSA) is 75.9 Å². The van der Waals surface area contributed by atoms with Gasteiger partial charge < -0.3 is 5.32 Å². The maximum Gasteiger partial charge on any atom is 0.230 e. The quantitative estimate of drug-likeness (QED) is 0.892. The summed E-state index contributed by atoms with van der Waals surface area (Å²) < 4.78 is 1.78. The van der Waals surface area contributed by atoms with E-state index >= 15 is 0 Å². The zero-order chi connectivity index (χ0) is 18.9. The molecule has 0 radical (unpaired) electrons. The van der Waals surface area contributed by atoms with Crippen molar-refractivity contribution in [2.75, 3.05) is 13.1 Å². The van der Waals surface area contributed by atoms with Crippen LogP contribution >= 0.6 is 0 Å². The normalized spacial score (nSPS) is 20.4. The fraction of sp³-hybridized carbons (Fsp3) is 0.600. The molecule has 2 aliphatic rings. The van der Waals surface area contributed by atoms with Gasteiger partial charge in [0.1, 0.15) is 0 Å². The number of hydrogen-bond acceptors (Lipinski definition) is 5. The lowest BCUT2D eigenvalue weighted by Gasteiger charge is -2.41. The van der Waals surface area contributed by atoms with Gasteiger partial charge in [-0.15, -0.1) is 5.10 Å². The number of nitrogens with one attached hydrogen (secondary N) is 1. The van der Waals surface area contributed by atoms with Gasteiger partial charge in [-0.25, -0.2) is 4.68 Å². The fourth-order valence-corrected chi connectivity index (χ4v) is 4.16. The van der Waals surface area contributed by atoms with Crippen LogP contribution in [0.2, 0.25) is 0 Å². The number of nitrogens with zero attached hydrogens (tertiary/aromatic N) is 5. The third-order valence-electron chi connectivity index (χ3n) is 5.98. The summed E-state index contributed by atoms with van der Waals surface area (Å²) in [6, 6.07) is 8.65. The lowest BCUT2D eigenvalue weighted by molar-refractivity contribution is -0.123. The van der Waals surface area contributed by atoms with Crippen LogP contribution in [-0.4, -0.2) is 49.6 Å². The van der Waals surface area contributed by atoms with Gasteiger partial charge >= 0.3 is 0 Å². The highest BCUT2D eigenvalue weighted by Gasteiger charge is 2.33. The van der Waals surface area contributed by atoms with E-state index in [1.165, 1.54) is 11.1 Å². The molecule has 0 bridgehead atoms. The zero-order valence-electron chi connectivity index (χ0n) is 16.2. The van der Waals surface area contributed by atoms with Crippen LogP contribution in [0.3, 0.4) is 0 Å². The van der Waals surface area contributed by atoms with E-state index in [-0.39, 0.29) is 17.4 Å². The fourth-order valence-electron chi connectivity index (χ4n) is 4.16. The van der Waals surface area contributed by atoms with E-state index in [2.05, 4.69) is 63.9 Å². The molecule has 144 valence electrons. The maximum atomic E-state index is 12.9. The molecule has 7 heteroatoms. The van der Waals surface area contributed by atoms with Crippen LogP contribution < -0.4 is 5.32 Å². The highest BCUT2D eigenvalue weighted by atomic mass is 16.2. The van der Waals surface area contributed by atoms with Gasteiger partial charge in [-0.3, -0.25) is 9.69 Å². The average molecular weight is 368 g/mol. The molecule has 1 amide bonds. The van der Waals surface area contributed by atoms with Crippen molar-refractivity contribution < 1.29 is 4.79 Å². The zero-order valence-corrected chi connectivity index (χ0v) is 16.2. The Morgan fingerprint density at radius 3 is 2.89 bits per heavy atom. The molecular weight excluding hydrogens is 340 g/mol. The SMILES string of the molecule is CC(C)(CNC(=O)[C@H]1CCCCn2nnnc21)N1CCc2ccccc2C1. The predicted molar refractivity (Wildman–Crippen MR) is 102 cm³/mol. The molecule has 1 aromatic heterocycles. The van der Waals surface area contributed by atoms with Gasteiger partial charge in [0, 0.05) is 31.7 Å². The van der Waals surface area contributed by atoms with E-state index in [0.717, 1.165) is 45.3 Å². The number of amides is 1. The summed E-state index contributed by atoms with van der Waals surface area (Å²) in [7, 11) is 0. The molecule has 1 atom stereocenters. The first kappa shape index (κ1) is 18.1. The summed E-state index contributed by atoms with van der Waals surface area (Å²) in [5, 5.41) is 15.1. The Morgan fingerprint density at radius 1 is 1.22 bits per heavy atom. The second-order valence-electron chi connectivity index (χ2n) is 8.28. The lowest BCUT2D eigenvalue weighted by Crippen LogP contribution is -2.53. The van der Waals surface area contributed by atoms with Crippen molar-refractivity contribution in [3.05, 3.63) is 41.2 Å². The molecule has 0 fully saturated rings. The highest BCUT2D eigenvalue weighted by Crippen LogP contribution is 2.26. The van der Waals surface area contributed by atoms with Gasteiger partial charge in [0.05, 0.1) is 5.92 Å². The number of tetrazole rings is 1. The van der Waals surface area contributed by atoms with E-state index in [1.54, 1.807) is 4.68 Å². The van der Waals surface area contributed by atoms with Crippen molar-refractivity contribution in [3.63, 3.8) is 0 Å². The largest absolute Gasteiger partial charge is 0.354 e. The van der Waals surface area contributed by atoms with Crippen molar-refractivity contribution in [2.45, 2.75) is 64.1 Å². The molecule has 27 heavy (non-hydrogen) atoms. The molecule has 0 aliphatic carbocycles. The molecule has 0 unspecified atom stereocenters. The first-order valence-corrected chi connectivity index (χ1v) is 9.90. The van der Waals surface area contributed by atoms with Gasteiger partial charge in [-0.05, 0) is 54.7 Å². The number of aryl methyl sites for hydroxylation is 1. The number of rotatable bonds is 4. The van der Waals surface area contributed by atoms with E-state index in [9.17, 15) is 4.79 Å². The third-order valence-corrected chi connectivity index (χ3v) is 5.98. The smallest absolute Gasteiger partial charge is 0.230 e. The Bertz CT molecular complexity index is 814. The monoisotopic (exact) mass is 368 g/mol. The van der Waals surface area contributed by atoms with Gasteiger partial charge in [0.15, 0.2) is 5.82 Å². The molecule has 1 N–H and O–H groups in total. The van der Waals surface area contributed by atoms with Crippen LogP contribution in [0.4, 0.5) is 0 Å². The van der Waals surface area contributed by atoms with Crippen molar-refractivity contribution in [3.8, 4) is 0 Å². The second kappa shape index (κ2) is 7.38. The first-order chi connectivity index (χ1) is 13.0. The number of carbonyl (C=O) groups excluding carboxylic acids is 1. The van der Waals surface area contributed by atoms with Crippen LogP contribution in [0.1, 0.15) is 56.0 Å². The molecule has 0 saturated heterocycles. The summed E-state index contributed by atoms with van der Waals surface area (Å²) in [6.45, 7) is 7.77. The molecule has 2 aliphatic heterocycles. The van der Waals surface area contributed by atoms with Crippen molar-refractivity contribution >= 4 is 5.91 Å². The second-order valence-corrected chi connectivity index (χ2v) is 8.28. The molecule has 7 nitrogen and oxygen atoms in total. The Hall–Kier alpha value is -2.28. The third kappa shape index (κ3) is 3.74. The summed E-state index contributed by atoms with van der Waals surface area (Å²) in [4.78, 5) is 15.4. The number of fused-ring (bicyclic) bond motifs is 2. The predicted octanol–water partition coefficient (Wildman–Crippen LogP) is 1.89. The molecule has 4 rings (SSSR count). The van der Waals surface area contributed by atoms with Gasteiger partial charge in [0.2, 0.25) is 5.91 Å². The van der Waals surface area contributed by atoms with Crippen LogP contribution in [0, 0.1) is 0 Å². The minimum absolute atomic E-state index is 0.0402. The Labute approximate surface area is 160 Å². The molecular formula is C20H28N6O. The minimum Gasteiger partial charge on any atom is -0.354 e. The lowest BCUT2D eigenvalue weighted by atomic mass is 9.93. The minimum atomic E-state index is -0.250. The van der Waals surface area contributed by atoms with Crippen molar-refractivity contribution in [2.24, 2.45) is 0 Å². The summed E-state index contributed by atoms with van der Waals surface area (Å²) in [5.74, 6) is 0.494. The number of benzene rings is 1. The molecule has 1 aromatic carbocycles. The van der Waals surface area contributed by atoms with Crippen LogP contribution in [0.5, 0.6) is 0 Å². The van der Waals surface area contributed by atoms with Crippen molar-refractivity contribution in [1.29, 1.82) is 0 Å². The highest BCUT2D eigenvalue weighted by molar-refractivity contribution is 5.82. The van der Waals surface area contributed by atoms with Gasteiger partial charge in [-0.2, -0.15) is 0 Å². The molecule has 0 saturated carbocycles. The standard InChI is InChI=1S/C20H28N6O/c1-20(2,25-12-10-15-7-3-4-8-16(15)13-25)14-21-19(27)17-9-5-6-11-26-18(17)22-23-24-26/h3-4,7-8,17H,5-6,9-14H2,1-2H3,(H,21,27)/t17-/m0/s1. The molecule has 2 aromatic rings. The summed E-state index contributed by atoms with van der Waals surface area (Å²) in [5.41, 5.74) is 2.73. The van der Waals surface area contributed by atoms with Crippen LogP contribution in [0.25, 0.3) is 0 Å². The summed E-state index contributed by atoms with van der Waals surface area (Å²) in [6.07, 6.45) is 3.89. The van der Waals surface area contributed by atoms with E-state index < -0.39 is 0 Å².